The molecule has 1 aromatic heterocycles. The second-order valence-electron chi connectivity index (χ2n) is 5.33. The minimum absolute atomic E-state index is 0.0589. The van der Waals surface area contributed by atoms with E-state index in [0.29, 0.717) is 17.3 Å². The molecule has 3 heterocycles. The van der Waals surface area contributed by atoms with Crippen LogP contribution in [0.5, 0.6) is 11.5 Å². The Morgan fingerprint density at radius 3 is 3.05 bits per heavy atom. The average molecular weight is 317 g/mol. The molecule has 0 radical (unpaired) electrons. The van der Waals surface area contributed by atoms with Crippen molar-refractivity contribution in [2.24, 2.45) is 5.92 Å². The maximum absolute atomic E-state index is 12.1. The summed E-state index contributed by atoms with van der Waals surface area (Å²) in [7, 11) is 0. The molecule has 22 heavy (non-hydrogen) atoms. The Labute approximate surface area is 131 Å². The summed E-state index contributed by atoms with van der Waals surface area (Å²) < 4.78 is 10.7. The van der Waals surface area contributed by atoms with Crippen molar-refractivity contribution in [2.45, 2.75) is 0 Å². The number of nitrogens with one attached hydrogen (secondary N) is 2. The largest absolute Gasteiger partial charge is 0.454 e. The van der Waals surface area contributed by atoms with Crippen LogP contribution in [0.2, 0.25) is 0 Å². The van der Waals surface area contributed by atoms with Gasteiger partial charge in [-0.1, -0.05) is 0 Å². The maximum atomic E-state index is 12.1. The molecule has 0 saturated carbocycles. The summed E-state index contributed by atoms with van der Waals surface area (Å²) >= 11 is 1.38. The fourth-order valence-electron chi connectivity index (χ4n) is 2.36. The number of thiazole rings is 1. The van der Waals surface area contributed by atoms with Crippen LogP contribution < -0.4 is 20.1 Å². The molecule has 2 aliphatic heterocycles. The number of carbonyl (C=O) groups is 1. The highest BCUT2D eigenvalue weighted by molar-refractivity contribution is 7.16. The first-order chi connectivity index (χ1) is 10.8. The molecule has 0 spiro atoms. The molecule has 0 unspecified atom stereocenters. The zero-order chi connectivity index (χ0) is 14.9. The highest BCUT2D eigenvalue weighted by Crippen LogP contribution is 2.36. The number of ether oxygens (including phenoxy) is 2. The van der Waals surface area contributed by atoms with Gasteiger partial charge >= 0.3 is 0 Å². The third kappa shape index (κ3) is 2.53. The summed E-state index contributed by atoms with van der Waals surface area (Å²) in [6.07, 6.45) is 1.62. The number of nitrogens with zero attached hydrogens (tertiary/aromatic N) is 1. The highest BCUT2D eigenvalue weighted by Gasteiger charge is 2.19. The van der Waals surface area contributed by atoms with Crippen LogP contribution in [0.4, 0.5) is 0 Å². The van der Waals surface area contributed by atoms with E-state index in [2.05, 4.69) is 15.6 Å². The first kappa shape index (κ1) is 13.5. The van der Waals surface area contributed by atoms with Crippen molar-refractivity contribution in [1.29, 1.82) is 0 Å². The van der Waals surface area contributed by atoms with Gasteiger partial charge in [0, 0.05) is 31.1 Å². The van der Waals surface area contributed by atoms with Gasteiger partial charge in [0.1, 0.15) is 9.88 Å². The van der Waals surface area contributed by atoms with Gasteiger partial charge in [-0.2, -0.15) is 0 Å². The van der Waals surface area contributed by atoms with Gasteiger partial charge in [0.05, 0.1) is 6.20 Å². The number of benzene rings is 1. The molecule has 2 aromatic rings. The van der Waals surface area contributed by atoms with E-state index in [1.807, 2.05) is 18.2 Å². The normalized spacial score (nSPS) is 16.4. The predicted molar refractivity (Wildman–Crippen MR) is 82.4 cm³/mol. The highest BCUT2D eigenvalue weighted by atomic mass is 32.1. The molecule has 114 valence electrons. The van der Waals surface area contributed by atoms with Crippen molar-refractivity contribution in [3.05, 3.63) is 29.3 Å². The van der Waals surface area contributed by atoms with E-state index < -0.39 is 0 Å². The monoisotopic (exact) mass is 317 g/mol. The molecule has 1 saturated heterocycles. The zero-order valence-corrected chi connectivity index (χ0v) is 12.6. The molecular weight excluding hydrogens is 302 g/mol. The van der Waals surface area contributed by atoms with Gasteiger partial charge in [0.25, 0.3) is 5.91 Å². The molecule has 0 atom stereocenters. The summed E-state index contributed by atoms with van der Waals surface area (Å²) in [5, 5.41) is 6.94. The lowest BCUT2D eigenvalue weighted by Crippen LogP contribution is -2.48. The van der Waals surface area contributed by atoms with Gasteiger partial charge < -0.3 is 20.1 Å². The molecule has 7 heteroatoms. The first-order valence-corrected chi connectivity index (χ1v) is 7.96. The van der Waals surface area contributed by atoms with Crippen LogP contribution in [0.1, 0.15) is 9.67 Å². The molecule has 1 aromatic carbocycles. The molecular formula is C15H15N3O3S. The Bertz CT molecular complexity index is 712. The number of hydrogen-bond acceptors (Lipinski definition) is 6. The summed E-state index contributed by atoms with van der Waals surface area (Å²) in [5.41, 5.74) is 0.927. The maximum Gasteiger partial charge on any atom is 0.263 e. The fraction of sp³-hybridized carbons (Fsp3) is 0.333. The van der Waals surface area contributed by atoms with Crippen LogP contribution >= 0.6 is 11.3 Å². The van der Waals surface area contributed by atoms with E-state index in [1.54, 1.807) is 6.20 Å². The van der Waals surface area contributed by atoms with E-state index in [1.165, 1.54) is 11.3 Å². The summed E-state index contributed by atoms with van der Waals surface area (Å²) in [4.78, 5) is 17.1. The lowest BCUT2D eigenvalue weighted by atomic mass is 10.0. The standard InChI is InChI=1S/C15H15N3O3S/c19-14(17-6-9-4-16-5-9)13-7-18-15(22-13)10-1-2-11-12(3-10)21-8-20-11/h1-3,7,9,16H,4-6,8H2,(H,17,19). The predicted octanol–water partition coefficient (Wildman–Crippen LogP) is 1.49. The second kappa shape index (κ2) is 5.58. The SMILES string of the molecule is O=C(NCC1CNC1)c1cnc(-c2ccc3c(c2)OCO3)s1. The Morgan fingerprint density at radius 2 is 2.23 bits per heavy atom. The molecule has 6 nitrogen and oxygen atoms in total. The van der Waals surface area contributed by atoms with E-state index in [4.69, 9.17) is 9.47 Å². The molecule has 0 bridgehead atoms. The Morgan fingerprint density at radius 1 is 1.36 bits per heavy atom. The molecule has 0 aliphatic carbocycles. The number of fused-ring (bicyclic) bond motifs is 1. The van der Waals surface area contributed by atoms with E-state index >= 15 is 0 Å². The average Bonchev–Trinajstić information content (AvgIpc) is 3.13. The van der Waals surface area contributed by atoms with Crippen LogP contribution in [0.15, 0.2) is 24.4 Å². The van der Waals surface area contributed by atoms with Gasteiger partial charge in [0.2, 0.25) is 6.79 Å². The van der Waals surface area contributed by atoms with E-state index in [-0.39, 0.29) is 12.7 Å². The van der Waals surface area contributed by atoms with Crippen molar-refractivity contribution in [3.63, 3.8) is 0 Å². The minimum atomic E-state index is -0.0589. The summed E-state index contributed by atoms with van der Waals surface area (Å²) in [6, 6.07) is 5.68. The molecule has 4 rings (SSSR count). The Hall–Kier alpha value is -2.12. The van der Waals surface area contributed by atoms with Crippen LogP contribution in [0.3, 0.4) is 0 Å². The van der Waals surface area contributed by atoms with Gasteiger partial charge in [-0.05, 0) is 18.2 Å². The number of aromatic nitrogens is 1. The van der Waals surface area contributed by atoms with Gasteiger partial charge in [-0.3, -0.25) is 4.79 Å². The van der Waals surface area contributed by atoms with Crippen molar-refractivity contribution in [3.8, 4) is 22.1 Å². The topological polar surface area (TPSA) is 72.5 Å². The smallest absolute Gasteiger partial charge is 0.263 e. The number of carbonyl (C=O) groups excluding carboxylic acids is 1. The van der Waals surface area contributed by atoms with Crippen molar-refractivity contribution in [2.75, 3.05) is 26.4 Å². The third-order valence-corrected chi connectivity index (χ3v) is 4.81. The number of hydrogen-bond donors (Lipinski definition) is 2. The van der Waals surface area contributed by atoms with Gasteiger partial charge in [-0.25, -0.2) is 4.98 Å². The quantitative estimate of drug-likeness (QED) is 0.894. The van der Waals surface area contributed by atoms with E-state index in [0.717, 1.165) is 35.2 Å². The van der Waals surface area contributed by atoms with Crippen LogP contribution in [-0.2, 0) is 0 Å². The van der Waals surface area contributed by atoms with Crippen LogP contribution in [0, 0.1) is 5.92 Å². The van der Waals surface area contributed by atoms with Crippen LogP contribution in [0.25, 0.3) is 10.6 Å². The molecule has 1 fully saturated rings. The Kier molecular flexibility index (Phi) is 3.44. The first-order valence-electron chi connectivity index (χ1n) is 7.14. The number of amides is 1. The summed E-state index contributed by atoms with van der Waals surface area (Å²) in [6.45, 7) is 2.92. The lowest BCUT2D eigenvalue weighted by molar-refractivity contribution is 0.0946. The van der Waals surface area contributed by atoms with Crippen LogP contribution in [-0.4, -0.2) is 37.3 Å². The molecule has 1 amide bonds. The summed E-state index contributed by atoms with van der Waals surface area (Å²) in [5.74, 6) is 1.95. The Balaban J connectivity index is 1.47. The molecule has 2 N–H and O–H groups in total. The molecule has 2 aliphatic rings. The second-order valence-corrected chi connectivity index (χ2v) is 6.36. The van der Waals surface area contributed by atoms with Gasteiger partial charge in [-0.15, -0.1) is 11.3 Å². The van der Waals surface area contributed by atoms with Crippen molar-refractivity contribution >= 4 is 17.2 Å². The minimum Gasteiger partial charge on any atom is -0.454 e. The third-order valence-electron chi connectivity index (χ3n) is 3.77. The fourth-order valence-corrected chi connectivity index (χ4v) is 3.19. The van der Waals surface area contributed by atoms with Crippen molar-refractivity contribution in [1.82, 2.24) is 15.6 Å². The number of rotatable bonds is 4. The zero-order valence-electron chi connectivity index (χ0n) is 11.8. The van der Waals surface area contributed by atoms with Gasteiger partial charge in [0.15, 0.2) is 11.5 Å². The van der Waals surface area contributed by atoms with E-state index in [9.17, 15) is 4.79 Å². The lowest BCUT2D eigenvalue weighted by Gasteiger charge is -2.26. The van der Waals surface area contributed by atoms with Crippen molar-refractivity contribution < 1.29 is 14.3 Å².